The average molecular weight is 400 g/mol. The standard InChI is InChI=1S/C20H18F2N4O3/c1-11-8-17(29-25-11)15-10-18(27)23-24-19(15)12-4-6-26(7-5-12)20(28)14-3-2-13(21)9-16(14)22/h2-3,8-10,12H,4-7H2,1H3,(H,23,27). The number of piperidine rings is 1. The Morgan fingerprint density at radius 2 is 1.97 bits per heavy atom. The van der Waals surface area contributed by atoms with E-state index in [-0.39, 0.29) is 17.0 Å². The van der Waals surface area contributed by atoms with E-state index in [1.54, 1.807) is 13.0 Å². The Balaban J connectivity index is 1.53. The van der Waals surface area contributed by atoms with Crippen molar-refractivity contribution in [2.45, 2.75) is 25.7 Å². The Labute approximate surface area is 164 Å². The van der Waals surface area contributed by atoms with Crippen LogP contribution in [0.3, 0.4) is 0 Å². The van der Waals surface area contributed by atoms with Gasteiger partial charge in [-0.05, 0) is 31.9 Å². The van der Waals surface area contributed by atoms with E-state index in [2.05, 4.69) is 15.4 Å². The maximum Gasteiger partial charge on any atom is 0.264 e. The van der Waals surface area contributed by atoms with Gasteiger partial charge in [-0.15, -0.1) is 0 Å². The van der Waals surface area contributed by atoms with Crippen LogP contribution in [0.4, 0.5) is 8.78 Å². The number of H-pyrrole nitrogens is 1. The predicted octanol–water partition coefficient (Wildman–Crippen LogP) is 3.03. The maximum atomic E-state index is 13.9. The molecule has 0 saturated carbocycles. The SMILES string of the molecule is Cc1cc(-c2cc(=O)[nH]nc2C2CCN(C(=O)c3ccc(F)cc3F)CC2)on1. The van der Waals surface area contributed by atoms with Crippen molar-refractivity contribution >= 4 is 5.91 Å². The number of aromatic amines is 1. The van der Waals surface area contributed by atoms with Crippen LogP contribution in [0.25, 0.3) is 11.3 Å². The van der Waals surface area contributed by atoms with E-state index in [0.29, 0.717) is 54.7 Å². The van der Waals surface area contributed by atoms with E-state index < -0.39 is 17.5 Å². The van der Waals surface area contributed by atoms with Crippen molar-refractivity contribution in [1.82, 2.24) is 20.3 Å². The maximum absolute atomic E-state index is 13.9. The summed E-state index contributed by atoms with van der Waals surface area (Å²) >= 11 is 0. The van der Waals surface area contributed by atoms with Gasteiger partial charge in [-0.3, -0.25) is 9.59 Å². The average Bonchev–Trinajstić information content (AvgIpc) is 3.14. The minimum absolute atomic E-state index is 0.0191. The second-order valence-corrected chi connectivity index (χ2v) is 7.05. The smallest absolute Gasteiger partial charge is 0.264 e. The summed E-state index contributed by atoms with van der Waals surface area (Å²) < 4.78 is 32.3. The largest absolute Gasteiger partial charge is 0.356 e. The van der Waals surface area contributed by atoms with Crippen molar-refractivity contribution in [3.63, 3.8) is 0 Å². The highest BCUT2D eigenvalue weighted by molar-refractivity contribution is 5.94. The predicted molar refractivity (Wildman–Crippen MR) is 99.3 cm³/mol. The molecule has 1 amide bonds. The number of amides is 1. The molecule has 1 N–H and O–H groups in total. The number of hydrogen-bond acceptors (Lipinski definition) is 5. The topological polar surface area (TPSA) is 92.1 Å². The summed E-state index contributed by atoms with van der Waals surface area (Å²) in [6.45, 7) is 2.55. The quantitative estimate of drug-likeness (QED) is 0.730. The zero-order valence-corrected chi connectivity index (χ0v) is 15.6. The summed E-state index contributed by atoms with van der Waals surface area (Å²) in [6, 6.07) is 6.09. The highest BCUT2D eigenvalue weighted by Crippen LogP contribution is 2.33. The minimum Gasteiger partial charge on any atom is -0.356 e. The molecule has 1 fully saturated rings. The molecule has 1 aromatic carbocycles. The van der Waals surface area contributed by atoms with E-state index >= 15 is 0 Å². The summed E-state index contributed by atoms with van der Waals surface area (Å²) in [5.41, 5.74) is 1.43. The van der Waals surface area contributed by atoms with Crippen molar-refractivity contribution in [2.75, 3.05) is 13.1 Å². The summed E-state index contributed by atoms with van der Waals surface area (Å²) in [5.74, 6) is -1.63. The van der Waals surface area contributed by atoms with Crippen LogP contribution in [-0.4, -0.2) is 39.3 Å². The van der Waals surface area contributed by atoms with E-state index in [1.165, 1.54) is 11.0 Å². The third-order valence-corrected chi connectivity index (χ3v) is 5.06. The third kappa shape index (κ3) is 3.80. The monoisotopic (exact) mass is 400 g/mol. The number of aryl methyl sites for hydroxylation is 1. The first-order chi connectivity index (χ1) is 13.9. The Morgan fingerprint density at radius 1 is 1.21 bits per heavy atom. The van der Waals surface area contributed by atoms with E-state index in [1.807, 2.05) is 0 Å². The molecule has 7 nitrogen and oxygen atoms in total. The van der Waals surface area contributed by atoms with Gasteiger partial charge in [0.05, 0.1) is 17.0 Å². The molecular formula is C20H18F2N4O3. The summed E-state index contributed by atoms with van der Waals surface area (Å²) in [4.78, 5) is 25.9. The fourth-order valence-corrected chi connectivity index (χ4v) is 3.60. The fourth-order valence-electron chi connectivity index (χ4n) is 3.60. The molecule has 1 aliphatic heterocycles. The number of carbonyl (C=O) groups is 1. The normalized spacial score (nSPS) is 14.9. The molecule has 0 aliphatic carbocycles. The lowest BCUT2D eigenvalue weighted by molar-refractivity contribution is 0.0707. The van der Waals surface area contributed by atoms with Crippen molar-refractivity contribution in [3.05, 3.63) is 69.3 Å². The molecule has 150 valence electrons. The van der Waals surface area contributed by atoms with Gasteiger partial charge >= 0.3 is 0 Å². The second-order valence-electron chi connectivity index (χ2n) is 7.05. The fraction of sp³-hybridized carbons (Fsp3) is 0.300. The molecule has 1 aliphatic rings. The second kappa shape index (κ2) is 7.57. The molecule has 3 aromatic rings. The Kier molecular flexibility index (Phi) is 4.96. The van der Waals surface area contributed by atoms with Gasteiger partial charge in [-0.2, -0.15) is 5.10 Å². The van der Waals surface area contributed by atoms with Gasteiger partial charge in [0.1, 0.15) is 11.6 Å². The molecule has 0 radical (unpaired) electrons. The van der Waals surface area contributed by atoms with Crippen LogP contribution in [-0.2, 0) is 0 Å². The van der Waals surface area contributed by atoms with Crippen LogP contribution in [0.2, 0.25) is 0 Å². The molecule has 3 heterocycles. The number of nitrogens with zero attached hydrogens (tertiary/aromatic N) is 3. The number of halogens is 2. The lowest BCUT2D eigenvalue weighted by Gasteiger charge is -2.32. The van der Waals surface area contributed by atoms with Crippen LogP contribution >= 0.6 is 0 Å². The van der Waals surface area contributed by atoms with Gasteiger partial charge in [-0.25, -0.2) is 13.9 Å². The van der Waals surface area contributed by atoms with E-state index in [0.717, 1.165) is 12.1 Å². The highest BCUT2D eigenvalue weighted by atomic mass is 19.1. The Hall–Kier alpha value is -3.36. The van der Waals surface area contributed by atoms with Crippen molar-refractivity contribution in [1.29, 1.82) is 0 Å². The summed E-state index contributed by atoms with van der Waals surface area (Å²) in [6.07, 6.45) is 1.15. The number of aromatic nitrogens is 3. The Bertz CT molecular complexity index is 1120. The van der Waals surface area contributed by atoms with Crippen molar-refractivity contribution in [2.24, 2.45) is 0 Å². The van der Waals surface area contributed by atoms with Gasteiger partial charge < -0.3 is 9.42 Å². The van der Waals surface area contributed by atoms with Gasteiger partial charge in [0, 0.05) is 42.8 Å². The van der Waals surface area contributed by atoms with Crippen LogP contribution in [0.1, 0.15) is 40.5 Å². The van der Waals surface area contributed by atoms with Crippen LogP contribution in [0, 0.1) is 18.6 Å². The molecular weight excluding hydrogens is 382 g/mol. The van der Waals surface area contributed by atoms with Gasteiger partial charge in [-0.1, -0.05) is 5.16 Å². The number of rotatable bonds is 3. The summed E-state index contributed by atoms with van der Waals surface area (Å²) in [7, 11) is 0. The zero-order valence-electron chi connectivity index (χ0n) is 15.6. The van der Waals surface area contributed by atoms with Crippen LogP contribution in [0.5, 0.6) is 0 Å². The van der Waals surface area contributed by atoms with Crippen LogP contribution in [0.15, 0.2) is 39.6 Å². The minimum atomic E-state index is -0.873. The van der Waals surface area contributed by atoms with Gasteiger partial charge in [0.2, 0.25) is 0 Å². The van der Waals surface area contributed by atoms with Gasteiger partial charge in [0.25, 0.3) is 11.5 Å². The molecule has 4 rings (SSSR count). The lowest BCUT2D eigenvalue weighted by Crippen LogP contribution is -2.38. The number of hydrogen-bond donors (Lipinski definition) is 1. The summed E-state index contributed by atoms with van der Waals surface area (Å²) in [5, 5.41) is 10.5. The number of nitrogens with one attached hydrogen (secondary N) is 1. The first kappa shape index (κ1) is 19.0. The molecule has 0 atom stereocenters. The van der Waals surface area contributed by atoms with Crippen molar-refractivity contribution in [3.8, 4) is 11.3 Å². The molecule has 0 bridgehead atoms. The number of likely N-dealkylation sites (tertiary alicyclic amines) is 1. The van der Waals surface area contributed by atoms with E-state index in [4.69, 9.17) is 4.52 Å². The molecule has 0 unspecified atom stereocenters. The number of carbonyl (C=O) groups excluding carboxylic acids is 1. The van der Waals surface area contributed by atoms with Crippen LogP contribution < -0.4 is 5.56 Å². The Morgan fingerprint density at radius 3 is 2.62 bits per heavy atom. The molecule has 2 aromatic heterocycles. The molecule has 0 spiro atoms. The van der Waals surface area contributed by atoms with Gasteiger partial charge in [0.15, 0.2) is 5.76 Å². The number of benzene rings is 1. The lowest BCUT2D eigenvalue weighted by atomic mass is 9.89. The van der Waals surface area contributed by atoms with E-state index in [9.17, 15) is 18.4 Å². The molecule has 29 heavy (non-hydrogen) atoms. The van der Waals surface area contributed by atoms with Crippen molar-refractivity contribution < 1.29 is 18.1 Å². The first-order valence-electron chi connectivity index (χ1n) is 9.20. The highest BCUT2D eigenvalue weighted by Gasteiger charge is 2.29. The molecule has 1 saturated heterocycles. The first-order valence-corrected chi connectivity index (χ1v) is 9.20. The third-order valence-electron chi connectivity index (χ3n) is 5.06. The molecule has 9 heteroatoms. The zero-order chi connectivity index (χ0) is 20.5.